The van der Waals surface area contributed by atoms with Crippen LogP contribution in [0.3, 0.4) is 0 Å². The zero-order valence-corrected chi connectivity index (χ0v) is 10.3. The number of aromatic nitrogens is 4. The molecule has 0 radical (unpaired) electrons. The molecule has 96 valence electrons. The van der Waals surface area contributed by atoms with E-state index >= 15 is 0 Å². The Morgan fingerprint density at radius 1 is 1.47 bits per heavy atom. The average molecular weight is 255 g/mol. The molecule has 2 heterocycles. The van der Waals surface area contributed by atoms with Crippen molar-refractivity contribution in [2.24, 2.45) is 0 Å². The van der Waals surface area contributed by atoms with Crippen molar-refractivity contribution >= 4 is 5.91 Å². The van der Waals surface area contributed by atoms with Gasteiger partial charge in [-0.3, -0.25) is 14.5 Å². The number of hydrogen-bond acceptors (Lipinski definition) is 4. The quantitative estimate of drug-likeness (QED) is 0.795. The maximum Gasteiger partial charge on any atom is 0.273 e. The van der Waals surface area contributed by atoms with Crippen molar-refractivity contribution in [1.29, 1.82) is 0 Å². The highest BCUT2D eigenvalue weighted by atomic mass is 16.2. The Kier molecular flexibility index (Phi) is 4.24. The highest BCUT2D eigenvalue weighted by Gasteiger charge is 2.10. The molecular weight excluding hydrogens is 242 g/mol. The SMILES string of the molecule is C#CCCn1cc(C(=O)NCc2ccccn2)nn1. The van der Waals surface area contributed by atoms with E-state index in [1.165, 1.54) is 0 Å². The second kappa shape index (κ2) is 6.31. The first-order valence-corrected chi connectivity index (χ1v) is 5.81. The van der Waals surface area contributed by atoms with Crippen LogP contribution in [0.15, 0.2) is 30.6 Å². The van der Waals surface area contributed by atoms with Gasteiger partial charge in [-0.1, -0.05) is 11.3 Å². The predicted molar refractivity (Wildman–Crippen MR) is 68.9 cm³/mol. The summed E-state index contributed by atoms with van der Waals surface area (Å²) in [5.41, 5.74) is 1.06. The van der Waals surface area contributed by atoms with Gasteiger partial charge >= 0.3 is 0 Å². The Balaban J connectivity index is 1.89. The summed E-state index contributed by atoms with van der Waals surface area (Å²) in [6.45, 7) is 0.911. The third-order valence-corrected chi connectivity index (χ3v) is 2.41. The van der Waals surface area contributed by atoms with Gasteiger partial charge < -0.3 is 5.32 Å². The second-order valence-corrected chi connectivity index (χ2v) is 3.82. The summed E-state index contributed by atoms with van der Waals surface area (Å²) in [4.78, 5) is 15.9. The molecular formula is C13H13N5O. The first kappa shape index (κ1) is 12.8. The lowest BCUT2D eigenvalue weighted by atomic mass is 10.3. The number of terminal acetylenes is 1. The molecule has 0 fully saturated rings. The smallest absolute Gasteiger partial charge is 0.273 e. The van der Waals surface area contributed by atoms with Crippen LogP contribution in [-0.4, -0.2) is 25.9 Å². The monoisotopic (exact) mass is 255 g/mol. The highest BCUT2D eigenvalue weighted by Crippen LogP contribution is 1.97. The summed E-state index contributed by atoms with van der Waals surface area (Å²) in [5.74, 6) is 2.22. The fourth-order valence-corrected chi connectivity index (χ4v) is 1.45. The third kappa shape index (κ3) is 3.64. The summed E-state index contributed by atoms with van der Waals surface area (Å²) in [6.07, 6.45) is 8.96. The van der Waals surface area contributed by atoms with E-state index in [0.717, 1.165) is 5.69 Å². The normalized spacial score (nSPS) is 9.84. The molecule has 0 aliphatic heterocycles. The van der Waals surface area contributed by atoms with Gasteiger partial charge in [0.05, 0.1) is 25.0 Å². The number of aryl methyl sites for hydroxylation is 1. The van der Waals surface area contributed by atoms with Crippen LogP contribution in [0.5, 0.6) is 0 Å². The first-order valence-electron chi connectivity index (χ1n) is 5.81. The topological polar surface area (TPSA) is 72.7 Å². The maximum atomic E-state index is 11.8. The van der Waals surface area contributed by atoms with Crippen molar-refractivity contribution in [2.75, 3.05) is 0 Å². The molecule has 0 aliphatic rings. The second-order valence-electron chi connectivity index (χ2n) is 3.82. The Morgan fingerprint density at radius 3 is 3.11 bits per heavy atom. The number of carbonyl (C=O) groups is 1. The molecule has 0 aliphatic carbocycles. The summed E-state index contributed by atoms with van der Waals surface area (Å²) in [5, 5.41) is 10.3. The lowest BCUT2D eigenvalue weighted by Gasteiger charge is -2.01. The third-order valence-electron chi connectivity index (χ3n) is 2.41. The van der Waals surface area contributed by atoms with E-state index < -0.39 is 0 Å². The number of hydrogen-bond donors (Lipinski definition) is 1. The van der Waals surface area contributed by atoms with Gasteiger partial charge in [0.1, 0.15) is 0 Å². The van der Waals surface area contributed by atoms with Gasteiger partial charge in [-0.05, 0) is 12.1 Å². The molecule has 1 N–H and O–H groups in total. The molecule has 0 bridgehead atoms. The minimum absolute atomic E-state index is 0.271. The van der Waals surface area contributed by atoms with Crippen LogP contribution in [-0.2, 0) is 13.1 Å². The zero-order valence-electron chi connectivity index (χ0n) is 10.3. The van der Waals surface area contributed by atoms with Gasteiger partial charge in [-0.15, -0.1) is 17.4 Å². The van der Waals surface area contributed by atoms with Gasteiger partial charge in [-0.2, -0.15) is 0 Å². The molecule has 1 amide bonds. The van der Waals surface area contributed by atoms with Gasteiger partial charge in [0, 0.05) is 12.6 Å². The number of rotatable bonds is 5. The molecule has 0 atom stereocenters. The van der Waals surface area contributed by atoms with Crippen LogP contribution >= 0.6 is 0 Å². The lowest BCUT2D eigenvalue weighted by Crippen LogP contribution is -2.23. The molecule has 0 saturated heterocycles. The highest BCUT2D eigenvalue weighted by molar-refractivity contribution is 5.91. The van der Waals surface area contributed by atoms with Crippen LogP contribution in [0.1, 0.15) is 22.6 Å². The van der Waals surface area contributed by atoms with Gasteiger partial charge in [0.2, 0.25) is 0 Å². The van der Waals surface area contributed by atoms with Crippen LogP contribution in [0, 0.1) is 12.3 Å². The summed E-state index contributed by atoms with van der Waals surface area (Å²) < 4.78 is 1.55. The number of nitrogens with zero attached hydrogens (tertiary/aromatic N) is 4. The van der Waals surface area contributed by atoms with E-state index in [4.69, 9.17) is 6.42 Å². The maximum absolute atomic E-state index is 11.8. The molecule has 0 aromatic carbocycles. The Morgan fingerprint density at radius 2 is 2.37 bits per heavy atom. The fraction of sp³-hybridized carbons (Fsp3) is 0.231. The van der Waals surface area contributed by atoms with E-state index in [-0.39, 0.29) is 11.6 Å². The van der Waals surface area contributed by atoms with E-state index in [0.29, 0.717) is 19.5 Å². The van der Waals surface area contributed by atoms with Crippen molar-refractivity contribution < 1.29 is 4.79 Å². The van der Waals surface area contributed by atoms with Crippen LogP contribution in [0.2, 0.25) is 0 Å². The van der Waals surface area contributed by atoms with Gasteiger partial charge in [0.25, 0.3) is 5.91 Å². The standard InChI is InChI=1S/C13H13N5O/c1-2-3-8-18-10-12(16-17-18)13(19)15-9-11-6-4-5-7-14-11/h1,4-7,10H,3,8-9H2,(H,15,19). The van der Waals surface area contributed by atoms with Gasteiger partial charge in [0.15, 0.2) is 5.69 Å². The van der Waals surface area contributed by atoms with Crippen molar-refractivity contribution in [3.63, 3.8) is 0 Å². The van der Waals surface area contributed by atoms with Crippen molar-refractivity contribution in [1.82, 2.24) is 25.3 Å². The molecule has 2 aromatic rings. The van der Waals surface area contributed by atoms with Crippen LogP contribution < -0.4 is 5.32 Å². The predicted octanol–water partition coefficient (Wildman–Crippen LogP) is 0.626. The van der Waals surface area contributed by atoms with E-state index in [1.807, 2.05) is 18.2 Å². The molecule has 0 unspecified atom stereocenters. The molecule has 6 nitrogen and oxygen atoms in total. The minimum Gasteiger partial charge on any atom is -0.345 e. The zero-order chi connectivity index (χ0) is 13.5. The van der Waals surface area contributed by atoms with E-state index in [9.17, 15) is 4.79 Å². The molecule has 2 rings (SSSR count). The van der Waals surface area contributed by atoms with Crippen molar-refractivity contribution in [3.05, 3.63) is 42.0 Å². The Hall–Kier alpha value is -2.68. The summed E-state index contributed by atoms with van der Waals surface area (Å²) in [7, 11) is 0. The average Bonchev–Trinajstić information content (AvgIpc) is 2.92. The molecule has 6 heteroatoms. The van der Waals surface area contributed by atoms with Gasteiger partial charge in [-0.25, -0.2) is 0 Å². The summed E-state index contributed by atoms with van der Waals surface area (Å²) in [6, 6.07) is 5.52. The van der Waals surface area contributed by atoms with E-state index in [1.54, 1.807) is 17.1 Å². The van der Waals surface area contributed by atoms with Crippen LogP contribution in [0.4, 0.5) is 0 Å². The first-order chi connectivity index (χ1) is 9.29. The Labute approximate surface area is 110 Å². The molecule has 19 heavy (non-hydrogen) atoms. The fourth-order valence-electron chi connectivity index (χ4n) is 1.45. The number of nitrogens with one attached hydrogen (secondary N) is 1. The van der Waals surface area contributed by atoms with Crippen molar-refractivity contribution in [3.8, 4) is 12.3 Å². The number of carbonyl (C=O) groups excluding carboxylic acids is 1. The lowest BCUT2D eigenvalue weighted by molar-refractivity contribution is 0.0945. The van der Waals surface area contributed by atoms with Crippen LogP contribution in [0.25, 0.3) is 0 Å². The number of amides is 1. The molecule has 0 spiro atoms. The Bertz CT molecular complexity index is 585. The van der Waals surface area contributed by atoms with E-state index in [2.05, 4.69) is 26.5 Å². The molecule has 0 saturated carbocycles. The largest absolute Gasteiger partial charge is 0.345 e. The number of pyridine rings is 1. The minimum atomic E-state index is -0.280. The van der Waals surface area contributed by atoms with Crippen molar-refractivity contribution in [2.45, 2.75) is 19.5 Å². The summed E-state index contributed by atoms with van der Waals surface area (Å²) >= 11 is 0. The molecule has 2 aromatic heterocycles.